The highest BCUT2D eigenvalue weighted by Crippen LogP contribution is 2.60. The third-order valence-electron chi connectivity index (χ3n) is 5.92. The predicted octanol–water partition coefficient (Wildman–Crippen LogP) is 8.06. The minimum absolute atomic E-state index is 0.0892. The molecule has 1 aliphatic heterocycles. The molecule has 2 nitrogen and oxygen atoms in total. The molecule has 0 spiro atoms. The van der Waals surface area contributed by atoms with E-state index in [0.717, 1.165) is 0 Å². The van der Waals surface area contributed by atoms with Gasteiger partial charge in [0, 0.05) is 28.3 Å². The molecular formula is C23H48N2Si2. The second-order valence-electron chi connectivity index (χ2n) is 13.8. The Morgan fingerprint density at radius 2 is 1.26 bits per heavy atom. The Kier molecular flexibility index (Phi) is 6.27. The molecule has 1 aliphatic rings. The molecule has 158 valence electrons. The number of rotatable bonds is 2. The van der Waals surface area contributed by atoms with Crippen LogP contribution in [0.15, 0.2) is 16.5 Å². The standard InChI is InChI=1S/C23H48N2Si2/c1-20(2,3)18-16-27(22(7,8)9,23(10,11)12)25(24-18)19(21(4,5)6)17-26(13,14)15/h17H,16H2,1-15H3/b19-17-. The summed E-state index contributed by atoms with van der Waals surface area (Å²) in [5, 5.41) is 5.92. The minimum Gasteiger partial charge on any atom is -0.297 e. The van der Waals surface area contributed by atoms with Crippen molar-refractivity contribution in [3.05, 3.63) is 11.4 Å². The third-order valence-corrected chi connectivity index (χ3v) is 13.9. The summed E-state index contributed by atoms with van der Waals surface area (Å²) < 4.78 is 2.63. The van der Waals surface area contributed by atoms with E-state index >= 15 is 0 Å². The molecule has 0 aromatic carbocycles. The van der Waals surface area contributed by atoms with Crippen molar-refractivity contribution in [3.8, 4) is 0 Å². The van der Waals surface area contributed by atoms with Crippen LogP contribution in [0.5, 0.6) is 0 Å². The maximum absolute atomic E-state index is 5.46. The Morgan fingerprint density at radius 1 is 0.852 bits per heavy atom. The number of hydrogen-bond donors (Lipinski definition) is 0. The molecule has 0 N–H and O–H groups in total. The van der Waals surface area contributed by atoms with Gasteiger partial charge in [0.25, 0.3) is 0 Å². The molecule has 0 saturated carbocycles. The van der Waals surface area contributed by atoms with Gasteiger partial charge >= 0.3 is 0 Å². The summed E-state index contributed by atoms with van der Waals surface area (Å²) >= 11 is 0. The van der Waals surface area contributed by atoms with E-state index in [1.54, 1.807) is 0 Å². The molecule has 0 fully saturated rings. The number of allylic oxidation sites excluding steroid dienone is 1. The van der Waals surface area contributed by atoms with Crippen molar-refractivity contribution in [1.82, 2.24) is 4.67 Å². The largest absolute Gasteiger partial charge is 0.297 e. The van der Waals surface area contributed by atoms with Crippen LogP contribution in [-0.4, -0.2) is 26.7 Å². The number of hydrogen-bond acceptors (Lipinski definition) is 2. The first-order valence-corrected chi connectivity index (χ1v) is 16.4. The van der Waals surface area contributed by atoms with Gasteiger partial charge in [-0.1, -0.05) is 108 Å². The van der Waals surface area contributed by atoms with Crippen molar-refractivity contribution in [3.63, 3.8) is 0 Å². The van der Waals surface area contributed by atoms with Gasteiger partial charge < -0.3 is 0 Å². The molecule has 0 bridgehead atoms. The molecule has 0 unspecified atom stereocenters. The summed E-state index contributed by atoms with van der Waals surface area (Å²) in [7, 11) is -3.42. The van der Waals surface area contributed by atoms with Crippen LogP contribution in [0.4, 0.5) is 0 Å². The molecule has 0 aliphatic carbocycles. The zero-order chi connectivity index (χ0) is 21.9. The summed E-state index contributed by atoms with van der Waals surface area (Å²) in [5.41, 5.74) is 5.70. The van der Waals surface area contributed by atoms with E-state index in [4.69, 9.17) is 5.10 Å². The normalized spacial score (nSPS) is 20.2. The fourth-order valence-corrected chi connectivity index (χ4v) is 13.0. The molecular weight excluding hydrogens is 360 g/mol. The highest BCUT2D eigenvalue weighted by molar-refractivity contribution is 6.87. The van der Waals surface area contributed by atoms with Crippen LogP contribution in [0.1, 0.15) is 83.1 Å². The van der Waals surface area contributed by atoms with E-state index < -0.39 is 16.3 Å². The Morgan fingerprint density at radius 3 is 1.52 bits per heavy atom. The van der Waals surface area contributed by atoms with Crippen LogP contribution in [0.2, 0.25) is 35.8 Å². The lowest BCUT2D eigenvalue weighted by Crippen LogP contribution is -2.62. The van der Waals surface area contributed by atoms with E-state index in [-0.39, 0.29) is 20.9 Å². The van der Waals surface area contributed by atoms with Crippen molar-refractivity contribution in [2.45, 2.75) is 119 Å². The van der Waals surface area contributed by atoms with E-state index in [9.17, 15) is 0 Å². The second kappa shape index (κ2) is 6.86. The maximum atomic E-state index is 5.46. The van der Waals surface area contributed by atoms with Gasteiger partial charge in [-0.2, -0.15) is 5.10 Å². The zero-order valence-corrected chi connectivity index (χ0v) is 23.2. The quantitative estimate of drug-likeness (QED) is 0.422. The van der Waals surface area contributed by atoms with Crippen molar-refractivity contribution >= 4 is 22.0 Å². The molecule has 0 amide bonds. The lowest BCUT2D eigenvalue weighted by Gasteiger charge is -2.55. The van der Waals surface area contributed by atoms with E-state index in [2.05, 4.69) is 113 Å². The van der Waals surface area contributed by atoms with Gasteiger partial charge in [-0.3, -0.25) is 4.67 Å². The number of hydrazone groups is 1. The Bertz CT molecular complexity index is 595. The van der Waals surface area contributed by atoms with Crippen LogP contribution in [0.25, 0.3) is 0 Å². The maximum Gasteiger partial charge on any atom is 0.201 e. The van der Waals surface area contributed by atoms with Gasteiger partial charge in [-0.05, 0) is 10.1 Å². The molecule has 1 rings (SSSR count). The lowest BCUT2D eigenvalue weighted by atomic mass is 9.91. The summed E-state index contributed by atoms with van der Waals surface area (Å²) in [4.78, 5) is 0. The fourth-order valence-electron chi connectivity index (χ4n) is 4.53. The van der Waals surface area contributed by atoms with E-state index in [0.29, 0.717) is 0 Å². The average Bonchev–Trinajstić information content (AvgIpc) is 2.73. The van der Waals surface area contributed by atoms with Gasteiger partial charge in [0.2, 0.25) is 8.24 Å². The predicted molar refractivity (Wildman–Crippen MR) is 130 cm³/mol. The fraction of sp³-hybridized carbons (Fsp3) is 0.870. The van der Waals surface area contributed by atoms with Gasteiger partial charge in [0.05, 0.1) is 8.07 Å². The van der Waals surface area contributed by atoms with Gasteiger partial charge in [-0.15, -0.1) is 0 Å². The molecule has 0 saturated heterocycles. The SMILES string of the molecule is CC(C)(C)C1=NN(/C(=C\[Si](C)(C)C)C(C)(C)C)[Si](C(C)(C)C)(C(C)(C)C)C1. The van der Waals surface area contributed by atoms with Crippen LogP contribution < -0.4 is 0 Å². The topological polar surface area (TPSA) is 15.6 Å². The monoisotopic (exact) mass is 408 g/mol. The molecule has 4 heteroatoms. The Hall–Kier alpha value is -0.356. The minimum atomic E-state index is -2.03. The Balaban J connectivity index is 3.92. The first-order chi connectivity index (χ1) is 11.5. The molecule has 0 atom stereocenters. The van der Waals surface area contributed by atoms with Crippen molar-refractivity contribution < 1.29 is 0 Å². The van der Waals surface area contributed by atoms with Gasteiger partial charge in [-0.25, -0.2) is 0 Å². The second-order valence-corrected chi connectivity index (χ2v) is 24.3. The van der Waals surface area contributed by atoms with Gasteiger partial charge in [0.15, 0.2) is 0 Å². The summed E-state index contributed by atoms with van der Waals surface area (Å²) in [6.07, 6.45) is 0. The molecule has 0 aromatic rings. The molecule has 27 heavy (non-hydrogen) atoms. The van der Waals surface area contributed by atoms with E-state index in [1.165, 1.54) is 17.5 Å². The van der Waals surface area contributed by atoms with Crippen LogP contribution in [0, 0.1) is 10.8 Å². The van der Waals surface area contributed by atoms with Crippen molar-refractivity contribution in [2.75, 3.05) is 0 Å². The summed E-state index contributed by atoms with van der Waals surface area (Å²) in [6.45, 7) is 36.2. The van der Waals surface area contributed by atoms with Crippen LogP contribution >= 0.6 is 0 Å². The first kappa shape index (κ1) is 24.7. The third kappa shape index (κ3) is 4.98. The lowest BCUT2D eigenvalue weighted by molar-refractivity contribution is 0.350. The molecule has 1 heterocycles. The summed E-state index contributed by atoms with van der Waals surface area (Å²) in [6, 6.07) is 1.17. The summed E-state index contributed by atoms with van der Waals surface area (Å²) in [5.74, 6) is 0. The molecule has 0 radical (unpaired) electrons. The number of nitrogens with zero attached hydrogens (tertiary/aromatic N) is 2. The van der Waals surface area contributed by atoms with Crippen LogP contribution in [-0.2, 0) is 0 Å². The van der Waals surface area contributed by atoms with E-state index in [1.807, 2.05) is 0 Å². The first-order valence-electron chi connectivity index (χ1n) is 10.7. The average molecular weight is 409 g/mol. The molecule has 0 aromatic heterocycles. The Labute approximate surface area is 173 Å². The van der Waals surface area contributed by atoms with Crippen LogP contribution in [0.3, 0.4) is 0 Å². The zero-order valence-electron chi connectivity index (χ0n) is 21.2. The van der Waals surface area contributed by atoms with Crippen molar-refractivity contribution in [2.24, 2.45) is 15.9 Å². The highest BCUT2D eigenvalue weighted by atomic mass is 28.3. The smallest absolute Gasteiger partial charge is 0.201 e. The van der Waals surface area contributed by atoms with Gasteiger partial charge in [0.1, 0.15) is 0 Å². The highest BCUT2D eigenvalue weighted by Gasteiger charge is 2.63. The van der Waals surface area contributed by atoms with Crippen molar-refractivity contribution in [1.29, 1.82) is 0 Å².